The number of likely N-dealkylation sites (N-methyl/N-ethyl adjacent to an activating group) is 1. The van der Waals surface area contributed by atoms with E-state index in [1.807, 2.05) is 0 Å². The fourth-order valence-electron chi connectivity index (χ4n) is 1.72. The Balaban J connectivity index is 0.00000112. The number of hydrogen-bond acceptors (Lipinski definition) is 2. The standard InChI is InChI=1S/C11H15BrN2.ClH/c1-13-6-8-14(9-7-13)11-4-2-10(12)3-5-11;/h2-5H,6-9H2,1H3;1H. The fraction of sp³-hybridized carbons (Fsp3) is 0.455. The van der Waals surface area contributed by atoms with Gasteiger partial charge in [0.1, 0.15) is 0 Å². The van der Waals surface area contributed by atoms with E-state index in [1.54, 1.807) is 0 Å². The lowest BCUT2D eigenvalue weighted by Gasteiger charge is -2.34. The van der Waals surface area contributed by atoms with Gasteiger partial charge in [0.15, 0.2) is 0 Å². The second-order valence-electron chi connectivity index (χ2n) is 3.77. The summed E-state index contributed by atoms with van der Waals surface area (Å²) in [5.41, 5.74) is 1.33. The summed E-state index contributed by atoms with van der Waals surface area (Å²) in [6.07, 6.45) is 0. The molecule has 0 saturated carbocycles. The molecule has 2 rings (SSSR count). The number of nitrogens with zero attached hydrogens (tertiary/aromatic N) is 2. The Morgan fingerprint density at radius 3 is 2.07 bits per heavy atom. The van der Waals surface area contributed by atoms with Crippen molar-refractivity contribution >= 4 is 34.0 Å². The first-order valence-corrected chi connectivity index (χ1v) is 5.74. The van der Waals surface area contributed by atoms with Crippen LogP contribution in [0.15, 0.2) is 28.7 Å². The molecule has 0 aliphatic carbocycles. The Hall–Kier alpha value is -0.250. The third kappa shape index (κ3) is 3.37. The van der Waals surface area contributed by atoms with Gasteiger partial charge in [-0.15, -0.1) is 12.4 Å². The van der Waals surface area contributed by atoms with Gasteiger partial charge >= 0.3 is 0 Å². The lowest BCUT2D eigenvalue weighted by Crippen LogP contribution is -2.44. The molecule has 1 aliphatic heterocycles. The normalized spacial score (nSPS) is 17.3. The van der Waals surface area contributed by atoms with Crippen LogP contribution in [0.4, 0.5) is 5.69 Å². The van der Waals surface area contributed by atoms with Gasteiger partial charge in [-0.1, -0.05) is 15.9 Å². The molecule has 15 heavy (non-hydrogen) atoms. The number of anilines is 1. The Bertz CT molecular complexity index is 294. The highest BCUT2D eigenvalue weighted by Crippen LogP contribution is 2.19. The summed E-state index contributed by atoms with van der Waals surface area (Å²) in [5.74, 6) is 0. The van der Waals surface area contributed by atoms with Gasteiger partial charge < -0.3 is 9.80 Å². The van der Waals surface area contributed by atoms with Crippen LogP contribution in [0.2, 0.25) is 0 Å². The highest BCUT2D eigenvalue weighted by atomic mass is 79.9. The molecule has 0 N–H and O–H groups in total. The van der Waals surface area contributed by atoms with Crippen LogP contribution < -0.4 is 4.90 Å². The molecule has 0 spiro atoms. The fourth-order valence-corrected chi connectivity index (χ4v) is 1.98. The van der Waals surface area contributed by atoms with Crippen molar-refractivity contribution < 1.29 is 0 Å². The van der Waals surface area contributed by atoms with Crippen molar-refractivity contribution in [3.8, 4) is 0 Å². The van der Waals surface area contributed by atoms with E-state index in [1.165, 1.54) is 5.69 Å². The Kier molecular flexibility index (Phi) is 4.90. The maximum absolute atomic E-state index is 3.45. The van der Waals surface area contributed by atoms with E-state index in [-0.39, 0.29) is 12.4 Å². The van der Waals surface area contributed by atoms with E-state index in [2.05, 4.69) is 57.0 Å². The molecule has 2 nitrogen and oxygen atoms in total. The second-order valence-corrected chi connectivity index (χ2v) is 4.68. The molecule has 0 bridgehead atoms. The van der Waals surface area contributed by atoms with Crippen molar-refractivity contribution in [1.29, 1.82) is 0 Å². The summed E-state index contributed by atoms with van der Waals surface area (Å²) >= 11 is 3.45. The summed E-state index contributed by atoms with van der Waals surface area (Å²) in [7, 11) is 2.18. The lowest BCUT2D eigenvalue weighted by molar-refractivity contribution is 0.313. The van der Waals surface area contributed by atoms with Gasteiger partial charge in [-0.05, 0) is 31.3 Å². The van der Waals surface area contributed by atoms with Crippen molar-refractivity contribution in [2.24, 2.45) is 0 Å². The monoisotopic (exact) mass is 290 g/mol. The molecule has 1 aliphatic rings. The van der Waals surface area contributed by atoms with Crippen LogP contribution in [0.1, 0.15) is 0 Å². The number of piperazine rings is 1. The van der Waals surface area contributed by atoms with E-state index in [0.717, 1.165) is 30.7 Å². The molecule has 1 saturated heterocycles. The van der Waals surface area contributed by atoms with E-state index < -0.39 is 0 Å². The maximum Gasteiger partial charge on any atom is 0.0367 e. The zero-order valence-corrected chi connectivity index (χ0v) is 11.2. The summed E-state index contributed by atoms with van der Waals surface area (Å²) in [6, 6.07) is 8.56. The lowest BCUT2D eigenvalue weighted by atomic mass is 10.2. The second kappa shape index (κ2) is 5.73. The van der Waals surface area contributed by atoms with Crippen LogP contribution in [-0.2, 0) is 0 Å². The maximum atomic E-state index is 3.45. The molecule has 1 heterocycles. The number of halogens is 2. The molecule has 0 aromatic heterocycles. The Labute approximate surface area is 106 Å². The van der Waals surface area contributed by atoms with Crippen LogP contribution in [0.3, 0.4) is 0 Å². The van der Waals surface area contributed by atoms with Crippen LogP contribution in [0.5, 0.6) is 0 Å². The molecular weight excluding hydrogens is 275 g/mol. The first-order chi connectivity index (χ1) is 6.75. The van der Waals surface area contributed by atoms with Crippen molar-refractivity contribution in [2.45, 2.75) is 0 Å². The molecule has 84 valence electrons. The molecule has 0 amide bonds. The zero-order valence-electron chi connectivity index (χ0n) is 8.82. The minimum absolute atomic E-state index is 0. The predicted octanol–water partition coefficient (Wildman–Crippen LogP) is 2.62. The predicted molar refractivity (Wildman–Crippen MR) is 71.1 cm³/mol. The van der Waals surface area contributed by atoms with Gasteiger partial charge in [0.25, 0.3) is 0 Å². The van der Waals surface area contributed by atoms with E-state index in [9.17, 15) is 0 Å². The third-order valence-electron chi connectivity index (χ3n) is 2.70. The van der Waals surface area contributed by atoms with Gasteiger partial charge in [0.05, 0.1) is 0 Å². The van der Waals surface area contributed by atoms with Crippen molar-refractivity contribution in [1.82, 2.24) is 4.90 Å². The minimum Gasteiger partial charge on any atom is -0.369 e. The largest absolute Gasteiger partial charge is 0.369 e. The van der Waals surface area contributed by atoms with Gasteiger partial charge in [0.2, 0.25) is 0 Å². The van der Waals surface area contributed by atoms with E-state index >= 15 is 0 Å². The first-order valence-electron chi connectivity index (χ1n) is 4.95. The molecule has 0 atom stereocenters. The van der Waals surface area contributed by atoms with Crippen LogP contribution in [0, 0.1) is 0 Å². The number of rotatable bonds is 1. The average Bonchev–Trinajstić information content (AvgIpc) is 2.21. The summed E-state index contributed by atoms with van der Waals surface area (Å²) < 4.78 is 1.15. The van der Waals surface area contributed by atoms with Crippen molar-refractivity contribution in [3.63, 3.8) is 0 Å². The minimum atomic E-state index is 0. The molecule has 4 heteroatoms. The summed E-state index contributed by atoms with van der Waals surface area (Å²) in [5, 5.41) is 0. The van der Waals surface area contributed by atoms with Crippen molar-refractivity contribution in [2.75, 3.05) is 38.1 Å². The van der Waals surface area contributed by atoms with Crippen LogP contribution in [0.25, 0.3) is 0 Å². The Morgan fingerprint density at radius 2 is 1.53 bits per heavy atom. The van der Waals surface area contributed by atoms with Gasteiger partial charge in [-0.25, -0.2) is 0 Å². The molecule has 0 unspecified atom stereocenters. The van der Waals surface area contributed by atoms with Crippen molar-refractivity contribution in [3.05, 3.63) is 28.7 Å². The van der Waals surface area contributed by atoms with E-state index in [4.69, 9.17) is 0 Å². The van der Waals surface area contributed by atoms with Gasteiger partial charge in [-0.3, -0.25) is 0 Å². The first kappa shape index (κ1) is 12.8. The third-order valence-corrected chi connectivity index (χ3v) is 3.22. The molecule has 1 aromatic rings. The average molecular weight is 292 g/mol. The van der Waals surface area contributed by atoms with E-state index in [0.29, 0.717) is 0 Å². The smallest absolute Gasteiger partial charge is 0.0367 e. The number of benzene rings is 1. The molecule has 1 fully saturated rings. The molecule has 1 aromatic carbocycles. The van der Waals surface area contributed by atoms with Crippen LogP contribution >= 0.6 is 28.3 Å². The quantitative estimate of drug-likeness (QED) is 0.785. The number of hydrogen-bond donors (Lipinski definition) is 0. The highest BCUT2D eigenvalue weighted by molar-refractivity contribution is 9.10. The zero-order chi connectivity index (χ0) is 9.97. The van der Waals surface area contributed by atoms with Gasteiger partial charge in [0, 0.05) is 36.3 Å². The Morgan fingerprint density at radius 1 is 1.00 bits per heavy atom. The highest BCUT2D eigenvalue weighted by Gasteiger charge is 2.13. The molecular formula is C11H16BrClN2. The SMILES string of the molecule is CN1CCN(c2ccc(Br)cc2)CC1.Cl. The molecule has 0 radical (unpaired) electrons. The summed E-state index contributed by atoms with van der Waals surface area (Å²) in [4.78, 5) is 4.81. The van der Waals surface area contributed by atoms with Crippen LogP contribution in [-0.4, -0.2) is 38.1 Å². The topological polar surface area (TPSA) is 6.48 Å². The van der Waals surface area contributed by atoms with Gasteiger partial charge in [-0.2, -0.15) is 0 Å². The summed E-state index contributed by atoms with van der Waals surface area (Å²) in [6.45, 7) is 4.60.